The Morgan fingerprint density at radius 3 is 2.76 bits per heavy atom. The standard InChI is InChI=1S/C23H29NO5/c1-28-18-6-5-14-9-17-16-10-15(22(26)27)19(29-2)11-23(16,20(14)21(18)25)7-8-24(17)12-13-3-4-13/h5-6,10,13,16-17,19,25H,3-4,7-9,11-12H2,1-2H3,(H,26,27)/t16?,17-,19?,23+/m1/s1. The van der Waals surface area contributed by atoms with Crippen molar-refractivity contribution in [2.45, 2.75) is 49.7 Å². The zero-order valence-electron chi connectivity index (χ0n) is 17.1. The van der Waals surface area contributed by atoms with Gasteiger partial charge in [-0.25, -0.2) is 4.79 Å². The van der Waals surface area contributed by atoms with Crippen LogP contribution in [-0.4, -0.2) is 60.5 Å². The quantitative estimate of drug-likeness (QED) is 0.793. The van der Waals surface area contributed by atoms with E-state index in [0.29, 0.717) is 17.7 Å². The molecule has 1 aromatic carbocycles. The highest BCUT2D eigenvalue weighted by Gasteiger charge is 2.57. The Bertz CT molecular complexity index is 876. The number of ether oxygens (including phenoxy) is 2. The number of aromatic hydroxyl groups is 1. The molecule has 0 amide bonds. The van der Waals surface area contributed by atoms with Crippen molar-refractivity contribution in [1.82, 2.24) is 4.90 Å². The van der Waals surface area contributed by atoms with Gasteiger partial charge in [-0.15, -0.1) is 0 Å². The first kappa shape index (κ1) is 18.9. The van der Waals surface area contributed by atoms with Crippen LogP contribution in [0.5, 0.6) is 11.5 Å². The van der Waals surface area contributed by atoms with Crippen molar-refractivity contribution in [3.63, 3.8) is 0 Å². The fourth-order valence-electron chi connectivity index (χ4n) is 6.18. The Balaban J connectivity index is 1.68. The van der Waals surface area contributed by atoms with E-state index in [0.717, 1.165) is 43.0 Å². The Hall–Kier alpha value is -2.05. The van der Waals surface area contributed by atoms with E-state index in [1.54, 1.807) is 14.2 Å². The molecular formula is C23H29NO5. The molecule has 29 heavy (non-hydrogen) atoms. The first-order valence-electron chi connectivity index (χ1n) is 10.6. The molecule has 1 aliphatic heterocycles. The molecule has 4 aliphatic rings. The molecule has 1 aromatic rings. The largest absolute Gasteiger partial charge is 0.504 e. The van der Waals surface area contributed by atoms with Crippen LogP contribution < -0.4 is 4.74 Å². The van der Waals surface area contributed by atoms with E-state index >= 15 is 0 Å². The van der Waals surface area contributed by atoms with Crippen LogP contribution in [0.1, 0.15) is 36.8 Å². The highest BCUT2D eigenvalue weighted by atomic mass is 16.5. The van der Waals surface area contributed by atoms with Crippen molar-refractivity contribution in [3.05, 3.63) is 34.9 Å². The number of hydrogen-bond acceptors (Lipinski definition) is 5. The minimum absolute atomic E-state index is 0.0537. The summed E-state index contributed by atoms with van der Waals surface area (Å²) in [6, 6.07) is 4.19. The zero-order valence-corrected chi connectivity index (χ0v) is 17.1. The molecule has 0 aromatic heterocycles. The number of carboxylic acids is 1. The number of carbonyl (C=O) groups is 1. The summed E-state index contributed by atoms with van der Waals surface area (Å²) in [5.41, 5.74) is 2.15. The van der Waals surface area contributed by atoms with E-state index in [9.17, 15) is 15.0 Å². The summed E-state index contributed by atoms with van der Waals surface area (Å²) >= 11 is 0. The zero-order chi connectivity index (χ0) is 20.3. The van der Waals surface area contributed by atoms with E-state index in [1.165, 1.54) is 12.8 Å². The third-order valence-electron chi connectivity index (χ3n) is 7.72. The van der Waals surface area contributed by atoms with Gasteiger partial charge in [0.05, 0.1) is 18.8 Å². The number of phenolic OH excluding ortho intramolecular Hbond substituents is 1. The van der Waals surface area contributed by atoms with Gasteiger partial charge in [0.25, 0.3) is 0 Å². The molecule has 3 aliphatic carbocycles. The molecule has 6 nitrogen and oxygen atoms in total. The summed E-state index contributed by atoms with van der Waals surface area (Å²) in [4.78, 5) is 14.5. The summed E-state index contributed by atoms with van der Waals surface area (Å²) in [7, 11) is 3.15. The number of phenols is 1. The molecule has 2 unspecified atom stereocenters. The SMILES string of the molecule is COc1ccc2c(c1O)[C@]13CCN(CC4CC4)[C@H](C2)C1C=C(C(=O)O)C(OC)C3. The van der Waals surface area contributed by atoms with E-state index in [4.69, 9.17) is 9.47 Å². The highest BCUT2D eigenvalue weighted by Crippen LogP contribution is 2.59. The lowest BCUT2D eigenvalue weighted by atomic mass is 9.52. The summed E-state index contributed by atoms with van der Waals surface area (Å²) < 4.78 is 11.1. The second-order valence-electron chi connectivity index (χ2n) is 9.15. The molecule has 2 bridgehead atoms. The molecule has 0 radical (unpaired) electrons. The summed E-state index contributed by atoms with van der Waals surface area (Å²) in [5, 5.41) is 20.9. The van der Waals surface area contributed by atoms with Crippen molar-refractivity contribution in [3.8, 4) is 11.5 Å². The van der Waals surface area contributed by atoms with E-state index in [-0.39, 0.29) is 23.1 Å². The maximum Gasteiger partial charge on any atom is 0.333 e. The third-order valence-corrected chi connectivity index (χ3v) is 7.72. The lowest BCUT2D eigenvalue weighted by Gasteiger charge is -2.58. The first-order valence-corrected chi connectivity index (χ1v) is 10.6. The van der Waals surface area contributed by atoms with Crippen LogP contribution in [0.3, 0.4) is 0 Å². The molecule has 156 valence electrons. The Morgan fingerprint density at radius 1 is 1.31 bits per heavy atom. The molecule has 6 heteroatoms. The van der Waals surface area contributed by atoms with Crippen LogP contribution in [0.15, 0.2) is 23.8 Å². The molecule has 1 heterocycles. The van der Waals surface area contributed by atoms with Crippen molar-refractivity contribution in [2.24, 2.45) is 11.8 Å². The van der Waals surface area contributed by atoms with Gasteiger partial charge in [0.1, 0.15) is 0 Å². The summed E-state index contributed by atoms with van der Waals surface area (Å²) in [5.74, 6) is 0.632. The topological polar surface area (TPSA) is 79.2 Å². The minimum Gasteiger partial charge on any atom is -0.504 e. The molecule has 1 saturated heterocycles. The van der Waals surface area contributed by atoms with Crippen molar-refractivity contribution >= 4 is 5.97 Å². The Labute approximate surface area is 171 Å². The smallest absolute Gasteiger partial charge is 0.333 e. The lowest BCUT2D eigenvalue weighted by molar-refractivity contribution is -0.135. The van der Waals surface area contributed by atoms with Crippen molar-refractivity contribution < 1.29 is 24.5 Å². The van der Waals surface area contributed by atoms with E-state index in [2.05, 4.69) is 11.0 Å². The van der Waals surface area contributed by atoms with Gasteiger partial charge in [-0.3, -0.25) is 4.90 Å². The van der Waals surface area contributed by atoms with Gasteiger partial charge < -0.3 is 19.7 Å². The first-order chi connectivity index (χ1) is 14.0. The molecular weight excluding hydrogens is 370 g/mol. The third kappa shape index (κ3) is 2.80. The average molecular weight is 399 g/mol. The molecule has 4 atom stereocenters. The highest BCUT2D eigenvalue weighted by molar-refractivity contribution is 5.88. The normalized spacial score (nSPS) is 33.4. The number of methoxy groups -OCH3 is 2. The Kier molecular flexibility index (Phi) is 4.40. The predicted molar refractivity (Wildman–Crippen MR) is 107 cm³/mol. The van der Waals surface area contributed by atoms with Crippen LogP contribution >= 0.6 is 0 Å². The number of likely N-dealkylation sites (tertiary alicyclic amines) is 1. The predicted octanol–water partition coefficient (Wildman–Crippen LogP) is 2.72. The number of carboxylic acid groups (broad SMARTS) is 1. The van der Waals surface area contributed by atoms with Gasteiger partial charge in [-0.05, 0) is 56.2 Å². The number of nitrogens with zero attached hydrogens (tertiary/aromatic N) is 1. The van der Waals surface area contributed by atoms with Gasteiger partial charge in [0.15, 0.2) is 11.5 Å². The number of hydrogen-bond donors (Lipinski definition) is 2. The van der Waals surface area contributed by atoms with E-state index < -0.39 is 12.1 Å². The van der Waals surface area contributed by atoms with E-state index in [1.807, 2.05) is 12.1 Å². The lowest BCUT2D eigenvalue weighted by Crippen LogP contribution is -2.62. The van der Waals surface area contributed by atoms with Gasteiger partial charge in [0, 0.05) is 36.6 Å². The Morgan fingerprint density at radius 2 is 2.10 bits per heavy atom. The van der Waals surface area contributed by atoms with Crippen LogP contribution in [-0.2, 0) is 21.4 Å². The molecule has 5 rings (SSSR count). The second kappa shape index (κ2) is 6.74. The second-order valence-corrected chi connectivity index (χ2v) is 9.15. The number of aliphatic carboxylic acids is 1. The fourth-order valence-corrected chi connectivity index (χ4v) is 6.18. The molecule has 2 N–H and O–H groups in total. The van der Waals surface area contributed by atoms with Crippen LogP contribution in [0.4, 0.5) is 0 Å². The minimum atomic E-state index is -0.904. The van der Waals surface area contributed by atoms with Crippen molar-refractivity contribution in [2.75, 3.05) is 27.3 Å². The summed E-state index contributed by atoms with van der Waals surface area (Å²) in [6.07, 6.45) is 6.37. The maximum absolute atomic E-state index is 12.0. The maximum atomic E-state index is 12.0. The van der Waals surface area contributed by atoms with Crippen molar-refractivity contribution in [1.29, 1.82) is 0 Å². The van der Waals surface area contributed by atoms with Crippen LogP contribution in [0, 0.1) is 11.8 Å². The summed E-state index contributed by atoms with van der Waals surface area (Å²) in [6.45, 7) is 2.07. The van der Waals surface area contributed by atoms with Gasteiger partial charge in [0.2, 0.25) is 0 Å². The van der Waals surface area contributed by atoms with Gasteiger partial charge >= 0.3 is 5.97 Å². The number of fused-ring (bicyclic) bond motifs is 1. The average Bonchev–Trinajstić information content (AvgIpc) is 3.53. The van der Waals surface area contributed by atoms with Gasteiger partial charge in [-0.1, -0.05) is 12.1 Å². The fraction of sp³-hybridized carbons (Fsp3) is 0.609. The van der Waals surface area contributed by atoms with Crippen LogP contribution in [0.2, 0.25) is 0 Å². The monoisotopic (exact) mass is 399 g/mol. The molecule has 0 spiro atoms. The number of benzene rings is 1. The number of piperidine rings is 1. The number of rotatable bonds is 5. The van der Waals surface area contributed by atoms with Gasteiger partial charge in [-0.2, -0.15) is 0 Å². The van der Waals surface area contributed by atoms with Crippen LogP contribution in [0.25, 0.3) is 0 Å². The molecule has 1 saturated carbocycles. The molecule has 2 fully saturated rings.